The van der Waals surface area contributed by atoms with Gasteiger partial charge in [0.2, 0.25) is 11.8 Å². The number of benzene rings is 2. The Bertz CT molecular complexity index is 1170. The highest BCUT2D eigenvalue weighted by Gasteiger charge is 2.50. The van der Waals surface area contributed by atoms with Gasteiger partial charge in [-0.05, 0) is 73.7 Å². The molecule has 0 aliphatic carbocycles. The predicted molar refractivity (Wildman–Crippen MR) is 149 cm³/mol. The Morgan fingerprint density at radius 1 is 1.05 bits per heavy atom. The summed E-state index contributed by atoms with van der Waals surface area (Å²) in [7, 11) is 1.81. The molecular weight excluding hydrogens is 546 g/mol. The van der Waals surface area contributed by atoms with Crippen LogP contribution >= 0.6 is 15.9 Å². The number of hydrogen-bond donors (Lipinski definition) is 2. The van der Waals surface area contributed by atoms with Crippen molar-refractivity contribution in [1.29, 1.82) is 0 Å². The fourth-order valence-corrected chi connectivity index (χ4v) is 6.52. The number of hydrogen-bond acceptors (Lipinski definition) is 6. The Labute approximate surface area is 232 Å². The van der Waals surface area contributed by atoms with E-state index in [2.05, 4.69) is 60.7 Å². The monoisotopic (exact) mass is 581 g/mol. The number of piperazine rings is 1. The van der Waals surface area contributed by atoms with E-state index in [1.807, 2.05) is 31.3 Å². The van der Waals surface area contributed by atoms with Gasteiger partial charge in [-0.3, -0.25) is 29.6 Å². The van der Waals surface area contributed by atoms with Crippen LogP contribution in [0.15, 0.2) is 53.0 Å². The van der Waals surface area contributed by atoms with Crippen molar-refractivity contribution in [2.45, 2.75) is 37.6 Å². The lowest BCUT2D eigenvalue weighted by atomic mass is 9.62. The summed E-state index contributed by atoms with van der Waals surface area (Å²) in [6.07, 6.45) is 2.50. The van der Waals surface area contributed by atoms with Gasteiger partial charge in [0.05, 0.1) is 5.41 Å². The van der Waals surface area contributed by atoms with Gasteiger partial charge in [0.25, 0.3) is 5.91 Å². The summed E-state index contributed by atoms with van der Waals surface area (Å²) in [6.45, 7) is 5.87. The highest BCUT2D eigenvalue weighted by atomic mass is 79.9. The molecule has 1 unspecified atom stereocenters. The second-order valence-electron chi connectivity index (χ2n) is 10.6. The summed E-state index contributed by atoms with van der Waals surface area (Å²) in [5, 5.41) is 9.69. The molecule has 202 valence electrons. The molecule has 3 heterocycles. The smallest absolute Gasteiger partial charge is 0.267 e. The van der Waals surface area contributed by atoms with Gasteiger partial charge in [-0.2, -0.15) is 0 Å². The molecule has 0 spiro atoms. The molecule has 5 rings (SSSR count). The maximum Gasteiger partial charge on any atom is 0.267 e. The maximum atomic E-state index is 13.6. The molecule has 3 aliphatic rings. The zero-order valence-electron chi connectivity index (χ0n) is 21.9. The molecule has 3 fully saturated rings. The first-order chi connectivity index (χ1) is 18.4. The van der Waals surface area contributed by atoms with E-state index in [-0.39, 0.29) is 23.6 Å². The standard InChI is InChI=1S/C29H36BrN5O3/c1-33(35-17-13-31-14-18-35)27(37)22-3-2-4-24(19-22)29(12-9-26(36)32-28(29)38)23-10-15-34(16-11-23)20-21-5-7-25(30)8-6-21/h2-8,19,23,31H,9-18,20H2,1H3,(H,32,36,38). The lowest BCUT2D eigenvalue weighted by Crippen LogP contribution is -2.57. The molecule has 1 atom stereocenters. The van der Waals surface area contributed by atoms with Crippen molar-refractivity contribution in [3.63, 3.8) is 0 Å². The molecule has 38 heavy (non-hydrogen) atoms. The molecular formula is C29H36BrN5O3. The number of amides is 3. The van der Waals surface area contributed by atoms with Gasteiger partial charge in [0, 0.05) is 56.2 Å². The van der Waals surface area contributed by atoms with Crippen LogP contribution in [0, 0.1) is 5.92 Å². The number of nitrogens with zero attached hydrogens (tertiary/aromatic N) is 3. The second kappa shape index (κ2) is 11.7. The quantitative estimate of drug-likeness (QED) is 0.510. The van der Waals surface area contributed by atoms with Crippen molar-refractivity contribution in [1.82, 2.24) is 25.6 Å². The average Bonchev–Trinajstić information content (AvgIpc) is 2.95. The minimum Gasteiger partial charge on any atom is -0.314 e. The minimum absolute atomic E-state index is 0.0829. The summed E-state index contributed by atoms with van der Waals surface area (Å²) >= 11 is 3.50. The number of imide groups is 1. The van der Waals surface area contributed by atoms with E-state index in [0.29, 0.717) is 18.4 Å². The van der Waals surface area contributed by atoms with Gasteiger partial charge in [-0.15, -0.1) is 0 Å². The lowest BCUT2D eigenvalue weighted by molar-refractivity contribution is -0.140. The lowest BCUT2D eigenvalue weighted by Gasteiger charge is -2.46. The van der Waals surface area contributed by atoms with Gasteiger partial charge < -0.3 is 5.32 Å². The summed E-state index contributed by atoms with van der Waals surface area (Å²) in [5.74, 6) is -0.433. The van der Waals surface area contributed by atoms with E-state index in [0.717, 1.165) is 68.7 Å². The zero-order valence-corrected chi connectivity index (χ0v) is 23.5. The van der Waals surface area contributed by atoms with E-state index in [1.54, 1.807) is 5.01 Å². The van der Waals surface area contributed by atoms with E-state index < -0.39 is 5.41 Å². The molecule has 2 aromatic rings. The fourth-order valence-electron chi connectivity index (χ4n) is 6.26. The van der Waals surface area contributed by atoms with Crippen LogP contribution in [0.3, 0.4) is 0 Å². The summed E-state index contributed by atoms with van der Waals surface area (Å²) in [4.78, 5) is 41.7. The van der Waals surface area contributed by atoms with Crippen LogP contribution < -0.4 is 10.6 Å². The molecule has 0 aromatic heterocycles. The second-order valence-corrected chi connectivity index (χ2v) is 11.6. The van der Waals surface area contributed by atoms with Crippen LogP contribution in [-0.2, 0) is 21.5 Å². The Morgan fingerprint density at radius 3 is 2.45 bits per heavy atom. The van der Waals surface area contributed by atoms with Crippen LogP contribution in [-0.4, -0.2) is 79.0 Å². The summed E-state index contributed by atoms with van der Waals surface area (Å²) in [5.41, 5.74) is 1.86. The third kappa shape index (κ3) is 5.57. The van der Waals surface area contributed by atoms with Crippen molar-refractivity contribution in [2.75, 3.05) is 46.3 Å². The molecule has 0 radical (unpaired) electrons. The molecule has 3 aliphatic heterocycles. The van der Waals surface area contributed by atoms with Gasteiger partial charge in [-0.25, -0.2) is 5.01 Å². The summed E-state index contributed by atoms with van der Waals surface area (Å²) in [6, 6.07) is 16.0. The van der Waals surface area contributed by atoms with E-state index >= 15 is 0 Å². The van der Waals surface area contributed by atoms with E-state index in [1.165, 1.54) is 5.56 Å². The number of halogens is 1. The Balaban J connectivity index is 1.37. The molecule has 8 nitrogen and oxygen atoms in total. The first-order valence-electron chi connectivity index (χ1n) is 13.5. The van der Waals surface area contributed by atoms with Gasteiger partial charge in [0.1, 0.15) is 0 Å². The third-order valence-electron chi connectivity index (χ3n) is 8.44. The number of carbonyl (C=O) groups is 3. The fraction of sp³-hybridized carbons (Fsp3) is 0.483. The van der Waals surface area contributed by atoms with Crippen LogP contribution in [0.2, 0.25) is 0 Å². The number of nitrogens with one attached hydrogen (secondary N) is 2. The number of likely N-dealkylation sites (tertiary alicyclic amines) is 1. The molecule has 0 bridgehead atoms. The van der Waals surface area contributed by atoms with Crippen molar-refractivity contribution in [3.05, 3.63) is 69.7 Å². The third-order valence-corrected chi connectivity index (χ3v) is 8.97. The Morgan fingerprint density at radius 2 is 1.76 bits per heavy atom. The summed E-state index contributed by atoms with van der Waals surface area (Å²) < 4.78 is 1.07. The van der Waals surface area contributed by atoms with Crippen LogP contribution in [0.4, 0.5) is 0 Å². The Hall–Kier alpha value is -2.59. The van der Waals surface area contributed by atoms with Crippen LogP contribution in [0.5, 0.6) is 0 Å². The maximum absolute atomic E-state index is 13.6. The Kier molecular flexibility index (Phi) is 8.28. The van der Waals surface area contributed by atoms with Crippen molar-refractivity contribution >= 4 is 33.7 Å². The minimum atomic E-state index is -0.818. The van der Waals surface area contributed by atoms with Crippen LogP contribution in [0.25, 0.3) is 0 Å². The van der Waals surface area contributed by atoms with E-state index in [4.69, 9.17) is 0 Å². The molecule has 0 saturated carbocycles. The van der Waals surface area contributed by atoms with Crippen molar-refractivity contribution in [3.8, 4) is 0 Å². The van der Waals surface area contributed by atoms with Gasteiger partial charge >= 0.3 is 0 Å². The SMILES string of the molecule is CN(C(=O)c1cccc(C2(C3CCN(Cc4ccc(Br)cc4)CC3)CCC(=O)NC2=O)c1)N1CCNCC1. The van der Waals surface area contributed by atoms with Crippen LogP contribution in [0.1, 0.15) is 47.2 Å². The number of carbonyl (C=O) groups excluding carboxylic acids is 3. The number of hydrazine groups is 1. The topological polar surface area (TPSA) is 85.0 Å². The van der Waals surface area contributed by atoms with Gasteiger partial charge in [0.15, 0.2) is 0 Å². The first-order valence-corrected chi connectivity index (χ1v) is 14.3. The van der Waals surface area contributed by atoms with Crippen molar-refractivity contribution in [2.24, 2.45) is 5.92 Å². The average molecular weight is 583 g/mol. The molecule has 2 aromatic carbocycles. The van der Waals surface area contributed by atoms with Gasteiger partial charge in [-0.1, -0.05) is 40.2 Å². The predicted octanol–water partition coefficient (Wildman–Crippen LogP) is 2.93. The zero-order chi connectivity index (χ0) is 26.7. The highest BCUT2D eigenvalue weighted by molar-refractivity contribution is 9.10. The van der Waals surface area contributed by atoms with E-state index in [9.17, 15) is 14.4 Å². The molecule has 2 N–H and O–H groups in total. The highest BCUT2D eigenvalue weighted by Crippen LogP contribution is 2.44. The molecule has 9 heteroatoms. The first kappa shape index (κ1) is 27.0. The molecule has 3 saturated heterocycles. The largest absolute Gasteiger partial charge is 0.314 e. The number of piperidine rings is 2. The molecule has 3 amide bonds. The normalized spacial score (nSPS) is 23.7. The van der Waals surface area contributed by atoms with Crippen molar-refractivity contribution < 1.29 is 14.4 Å². The number of rotatable bonds is 6.